The minimum atomic E-state index is 0.467. The van der Waals surface area contributed by atoms with Crippen molar-refractivity contribution in [3.05, 3.63) is 50.4 Å². The number of rotatable bonds is 5. The summed E-state index contributed by atoms with van der Waals surface area (Å²) in [6.07, 6.45) is 1.87. The van der Waals surface area contributed by atoms with Crippen molar-refractivity contribution in [2.75, 3.05) is 6.54 Å². The first kappa shape index (κ1) is 13.7. The molecule has 0 spiro atoms. The average molecular weight is 325 g/mol. The van der Waals surface area contributed by atoms with Crippen LogP contribution in [0.1, 0.15) is 29.0 Å². The highest BCUT2D eigenvalue weighted by Gasteiger charge is 2.07. The van der Waals surface area contributed by atoms with E-state index < -0.39 is 0 Å². The van der Waals surface area contributed by atoms with E-state index in [1.807, 2.05) is 11.6 Å². The number of thiazole rings is 1. The summed E-state index contributed by atoms with van der Waals surface area (Å²) in [4.78, 5) is 4.34. The molecule has 96 valence electrons. The van der Waals surface area contributed by atoms with E-state index in [2.05, 4.69) is 58.3 Å². The van der Waals surface area contributed by atoms with Gasteiger partial charge in [0, 0.05) is 35.1 Å². The van der Waals surface area contributed by atoms with Gasteiger partial charge in [-0.15, -0.1) is 11.3 Å². The Morgan fingerprint density at radius 1 is 1.44 bits per heavy atom. The lowest BCUT2D eigenvalue weighted by Crippen LogP contribution is -2.19. The number of nitrogens with zero attached hydrogens (tertiary/aromatic N) is 1. The summed E-state index contributed by atoms with van der Waals surface area (Å²) in [7, 11) is 0. The Kier molecular flexibility index (Phi) is 4.92. The van der Waals surface area contributed by atoms with Gasteiger partial charge in [0.2, 0.25) is 0 Å². The molecule has 0 saturated heterocycles. The number of aromatic nitrogens is 1. The van der Waals surface area contributed by atoms with Gasteiger partial charge in [0.25, 0.3) is 0 Å². The number of aryl methyl sites for hydroxylation is 1. The number of hydrogen-bond acceptors (Lipinski definition) is 3. The SMILES string of the molecule is Cc1ccc(CNCC(C)c2nccs2)c(Br)c1. The lowest BCUT2D eigenvalue weighted by molar-refractivity contribution is 0.612. The van der Waals surface area contributed by atoms with Crippen LogP contribution in [0.4, 0.5) is 0 Å². The first-order chi connectivity index (χ1) is 8.66. The molecular formula is C14H17BrN2S. The fourth-order valence-corrected chi connectivity index (χ4v) is 3.12. The van der Waals surface area contributed by atoms with Crippen molar-refractivity contribution in [3.8, 4) is 0 Å². The van der Waals surface area contributed by atoms with Crippen molar-refractivity contribution in [3.63, 3.8) is 0 Å². The lowest BCUT2D eigenvalue weighted by atomic mass is 10.1. The summed E-state index contributed by atoms with van der Waals surface area (Å²) in [5.41, 5.74) is 2.58. The third kappa shape index (κ3) is 3.64. The third-order valence-corrected chi connectivity index (χ3v) is 4.59. The standard InChI is InChI=1S/C14H17BrN2S/c1-10-3-4-12(13(15)7-10)9-16-8-11(2)14-17-5-6-18-14/h3-7,11,16H,8-9H2,1-2H3. The maximum Gasteiger partial charge on any atom is 0.0965 e. The van der Waals surface area contributed by atoms with Crippen LogP contribution in [0.25, 0.3) is 0 Å². The van der Waals surface area contributed by atoms with Gasteiger partial charge >= 0.3 is 0 Å². The third-order valence-electron chi connectivity index (χ3n) is 2.85. The molecule has 0 aliphatic carbocycles. The highest BCUT2D eigenvalue weighted by molar-refractivity contribution is 9.10. The van der Waals surface area contributed by atoms with E-state index in [0.717, 1.165) is 13.1 Å². The molecule has 1 N–H and O–H groups in total. The maximum atomic E-state index is 4.34. The highest BCUT2D eigenvalue weighted by atomic mass is 79.9. The first-order valence-electron chi connectivity index (χ1n) is 6.02. The second-order valence-corrected chi connectivity index (χ2v) is 6.28. The van der Waals surface area contributed by atoms with Crippen molar-refractivity contribution in [1.82, 2.24) is 10.3 Å². The Labute approximate surface area is 121 Å². The van der Waals surface area contributed by atoms with Crippen molar-refractivity contribution in [2.24, 2.45) is 0 Å². The van der Waals surface area contributed by atoms with Crippen LogP contribution in [-0.2, 0) is 6.54 Å². The number of halogens is 1. The molecule has 1 atom stereocenters. The molecule has 1 aromatic carbocycles. The van der Waals surface area contributed by atoms with Crippen molar-refractivity contribution in [1.29, 1.82) is 0 Å². The molecule has 2 nitrogen and oxygen atoms in total. The quantitative estimate of drug-likeness (QED) is 0.895. The second kappa shape index (κ2) is 6.45. The van der Waals surface area contributed by atoms with E-state index in [0.29, 0.717) is 5.92 Å². The van der Waals surface area contributed by atoms with Gasteiger partial charge in [-0.25, -0.2) is 4.98 Å². The fourth-order valence-electron chi connectivity index (χ4n) is 1.78. The molecule has 2 aromatic rings. The Morgan fingerprint density at radius 2 is 2.28 bits per heavy atom. The molecule has 4 heteroatoms. The Hall–Kier alpha value is -0.710. The van der Waals surface area contributed by atoms with E-state index in [1.54, 1.807) is 11.3 Å². The molecule has 0 amide bonds. The van der Waals surface area contributed by atoms with Crippen LogP contribution in [0.15, 0.2) is 34.2 Å². The van der Waals surface area contributed by atoms with E-state index in [-0.39, 0.29) is 0 Å². The molecule has 1 unspecified atom stereocenters. The van der Waals surface area contributed by atoms with Crippen LogP contribution in [0.3, 0.4) is 0 Å². The first-order valence-corrected chi connectivity index (χ1v) is 7.69. The molecule has 0 fully saturated rings. The van der Waals surface area contributed by atoms with Crippen LogP contribution >= 0.6 is 27.3 Å². The van der Waals surface area contributed by atoms with E-state index >= 15 is 0 Å². The van der Waals surface area contributed by atoms with Gasteiger partial charge in [0.15, 0.2) is 0 Å². The molecule has 0 aliphatic rings. The maximum absolute atomic E-state index is 4.34. The molecule has 1 heterocycles. The molecule has 2 rings (SSSR count). The van der Waals surface area contributed by atoms with Gasteiger partial charge in [-0.05, 0) is 24.1 Å². The van der Waals surface area contributed by atoms with Gasteiger partial charge in [0.05, 0.1) is 5.01 Å². The fraction of sp³-hybridized carbons (Fsp3) is 0.357. The molecule has 0 saturated carbocycles. The molecule has 0 radical (unpaired) electrons. The average Bonchev–Trinajstić information content (AvgIpc) is 2.85. The number of nitrogens with one attached hydrogen (secondary N) is 1. The minimum Gasteiger partial charge on any atom is -0.312 e. The highest BCUT2D eigenvalue weighted by Crippen LogP contribution is 2.19. The predicted molar refractivity (Wildman–Crippen MR) is 81.1 cm³/mol. The zero-order valence-electron chi connectivity index (χ0n) is 10.6. The van der Waals surface area contributed by atoms with Gasteiger partial charge in [-0.2, -0.15) is 0 Å². The lowest BCUT2D eigenvalue weighted by Gasteiger charge is -2.11. The molecular weight excluding hydrogens is 308 g/mol. The summed E-state index contributed by atoms with van der Waals surface area (Å²) in [6, 6.07) is 6.47. The van der Waals surface area contributed by atoms with Gasteiger partial charge in [0.1, 0.15) is 0 Å². The van der Waals surface area contributed by atoms with E-state index in [1.165, 1.54) is 20.6 Å². The summed E-state index contributed by atoms with van der Waals surface area (Å²) in [6.45, 7) is 6.15. The summed E-state index contributed by atoms with van der Waals surface area (Å²) in [5.74, 6) is 0.467. The van der Waals surface area contributed by atoms with Crippen LogP contribution in [0.2, 0.25) is 0 Å². The zero-order chi connectivity index (χ0) is 13.0. The second-order valence-electron chi connectivity index (χ2n) is 4.50. The zero-order valence-corrected chi connectivity index (χ0v) is 13.0. The predicted octanol–water partition coefficient (Wildman–Crippen LogP) is 4.11. The molecule has 18 heavy (non-hydrogen) atoms. The largest absolute Gasteiger partial charge is 0.312 e. The van der Waals surface area contributed by atoms with Gasteiger partial charge < -0.3 is 5.32 Å². The normalized spacial score (nSPS) is 12.6. The number of hydrogen-bond donors (Lipinski definition) is 1. The van der Waals surface area contributed by atoms with Gasteiger partial charge in [-0.1, -0.05) is 35.0 Å². The van der Waals surface area contributed by atoms with Crippen LogP contribution in [-0.4, -0.2) is 11.5 Å². The summed E-state index contributed by atoms with van der Waals surface area (Å²) >= 11 is 5.32. The molecule has 0 aliphatic heterocycles. The topological polar surface area (TPSA) is 24.9 Å². The van der Waals surface area contributed by atoms with Crippen molar-refractivity contribution < 1.29 is 0 Å². The minimum absolute atomic E-state index is 0.467. The molecule has 0 bridgehead atoms. The monoisotopic (exact) mass is 324 g/mol. The number of benzene rings is 1. The van der Waals surface area contributed by atoms with Crippen LogP contribution in [0, 0.1) is 6.92 Å². The summed E-state index contributed by atoms with van der Waals surface area (Å²) in [5, 5.41) is 6.72. The summed E-state index contributed by atoms with van der Waals surface area (Å²) < 4.78 is 1.18. The van der Waals surface area contributed by atoms with Crippen LogP contribution in [0.5, 0.6) is 0 Å². The van der Waals surface area contributed by atoms with E-state index in [9.17, 15) is 0 Å². The van der Waals surface area contributed by atoms with Crippen molar-refractivity contribution >= 4 is 27.3 Å². The Morgan fingerprint density at radius 3 is 2.94 bits per heavy atom. The van der Waals surface area contributed by atoms with Crippen molar-refractivity contribution in [2.45, 2.75) is 26.3 Å². The van der Waals surface area contributed by atoms with Crippen LogP contribution < -0.4 is 5.32 Å². The van der Waals surface area contributed by atoms with Gasteiger partial charge in [-0.3, -0.25) is 0 Å². The smallest absolute Gasteiger partial charge is 0.0965 e. The Balaban J connectivity index is 1.85. The molecule has 1 aromatic heterocycles. The Bertz CT molecular complexity index is 497. The van der Waals surface area contributed by atoms with E-state index in [4.69, 9.17) is 0 Å².